The van der Waals surface area contributed by atoms with E-state index in [1.165, 1.54) is 10.3 Å². The molecule has 18 heavy (non-hydrogen) atoms. The molecule has 0 atom stereocenters. The first kappa shape index (κ1) is 11.5. The van der Waals surface area contributed by atoms with Gasteiger partial charge in [0.15, 0.2) is 5.13 Å². The van der Waals surface area contributed by atoms with E-state index in [0.717, 1.165) is 21.4 Å². The summed E-state index contributed by atoms with van der Waals surface area (Å²) in [4.78, 5) is 4.56. The minimum absolute atomic E-state index is 0.719. The maximum absolute atomic E-state index is 5.95. The van der Waals surface area contributed by atoms with Crippen molar-refractivity contribution in [3.63, 3.8) is 0 Å². The summed E-state index contributed by atoms with van der Waals surface area (Å²) in [5.41, 5.74) is 3.21. The molecule has 0 unspecified atom stereocenters. The minimum atomic E-state index is 0.719. The fourth-order valence-electron chi connectivity index (χ4n) is 1.78. The van der Waals surface area contributed by atoms with Crippen LogP contribution in [0.3, 0.4) is 0 Å². The molecule has 0 amide bonds. The standard InChI is InChI=1S/C14H11ClN2S/c1-9-5-6-13-12(7-9)17-14(18-13)16-11-4-2-3-10(15)8-11/h2-8H,1H3,(H,16,17). The average Bonchev–Trinajstić information content (AvgIpc) is 2.70. The number of fused-ring (bicyclic) bond motifs is 1. The summed E-state index contributed by atoms with van der Waals surface area (Å²) in [6.45, 7) is 2.07. The smallest absolute Gasteiger partial charge is 0.188 e. The van der Waals surface area contributed by atoms with E-state index in [9.17, 15) is 0 Å². The van der Waals surface area contributed by atoms with Crippen LogP contribution in [0.2, 0.25) is 5.02 Å². The summed E-state index contributed by atoms with van der Waals surface area (Å²) in [5.74, 6) is 0. The number of benzene rings is 2. The van der Waals surface area contributed by atoms with E-state index in [-0.39, 0.29) is 0 Å². The third-order valence-electron chi connectivity index (χ3n) is 2.62. The van der Waals surface area contributed by atoms with Crippen LogP contribution in [0.4, 0.5) is 10.8 Å². The van der Waals surface area contributed by atoms with Gasteiger partial charge in [-0.2, -0.15) is 0 Å². The SMILES string of the molecule is Cc1ccc2sc(Nc3cccc(Cl)c3)nc2c1. The number of aryl methyl sites for hydroxylation is 1. The number of hydrogen-bond donors (Lipinski definition) is 1. The summed E-state index contributed by atoms with van der Waals surface area (Å²) in [7, 11) is 0. The second kappa shape index (κ2) is 4.59. The highest BCUT2D eigenvalue weighted by atomic mass is 35.5. The van der Waals surface area contributed by atoms with Crippen molar-refractivity contribution in [2.75, 3.05) is 5.32 Å². The summed E-state index contributed by atoms with van der Waals surface area (Å²) < 4.78 is 1.19. The fraction of sp³-hybridized carbons (Fsp3) is 0.0714. The number of halogens is 1. The predicted molar refractivity (Wildman–Crippen MR) is 79.1 cm³/mol. The second-order valence-corrected chi connectivity index (χ2v) is 5.59. The Hall–Kier alpha value is -1.58. The molecule has 0 saturated carbocycles. The zero-order chi connectivity index (χ0) is 12.5. The van der Waals surface area contributed by atoms with E-state index in [1.54, 1.807) is 11.3 Å². The topological polar surface area (TPSA) is 24.9 Å². The summed E-state index contributed by atoms with van der Waals surface area (Å²) >= 11 is 7.59. The number of anilines is 2. The van der Waals surface area contributed by atoms with Gasteiger partial charge in [-0.15, -0.1) is 0 Å². The van der Waals surface area contributed by atoms with Gasteiger partial charge in [0.1, 0.15) is 0 Å². The van der Waals surface area contributed by atoms with Gasteiger partial charge in [-0.05, 0) is 42.8 Å². The molecule has 0 spiro atoms. The first-order valence-electron chi connectivity index (χ1n) is 5.60. The molecule has 2 nitrogen and oxygen atoms in total. The van der Waals surface area contributed by atoms with Crippen LogP contribution in [0, 0.1) is 6.92 Å². The Kier molecular flexibility index (Phi) is 2.94. The van der Waals surface area contributed by atoms with Crippen molar-refractivity contribution in [1.82, 2.24) is 4.98 Å². The third-order valence-corrected chi connectivity index (χ3v) is 3.81. The predicted octanol–water partition coefficient (Wildman–Crippen LogP) is 5.00. The molecule has 0 radical (unpaired) electrons. The number of hydrogen-bond acceptors (Lipinski definition) is 3. The van der Waals surface area contributed by atoms with Crippen molar-refractivity contribution in [3.05, 3.63) is 53.1 Å². The zero-order valence-corrected chi connectivity index (χ0v) is 11.3. The molecule has 4 heteroatoms. The molecular weight excluding hydrogens is 264 g/mol. The highest BCUT2D eigenvalue weighted by Gasteiger charge is 2.04. The van der Waals surface area contributed by atoms with Crippen molar-refractivity contribution in [2.45, 2.75) is 6.92 Å². The van der Waals surface area contributed by atoms with Crippen LogP contribution in [-0.2, 0) is 0 Å². The second-order valence-electron chi connectivity index (χ2n) is 4.13. The monoisotopic (exact) mass is 274 g/mol. The van der Waals surface area contributed by atoms with Crippen LogP contribution in [-0.4, -0.2) is 4.98 Å². The molecule has 0 aliphatic rings. The van der Waals surface area contributed by atoms with E-state index in [2.05, 4.69) is 35.4 Å². The lowest BCUT2D eigenvalue weighted by atomic mass is 10.2. The average molecular weight is 275 g/mol. The number of aromatic nitrogens is 1. The van der Waals surface area contributed by atoms with Crippen LogP contribution in [0.25, 0.3) is 10.2 Å². The van der Waals surface area contributed by atoms with Crippen LogP contribution in [0.15, 0.2) is 42.5 Å². The molecule has 3 rings (SSSR count). The van der Waals surface area contributed by atoms with Crippen LogP contribution in [0.1, 0.15) is 5.56 Å². The van der Waals surface area contributed by atoms with E-state index in [4.69, 9.17) is 11.6 Å². The molecule has 90 valence electrons. The van der Waals surface area contributed by atoms with Gasteiger partial charge >= 0.3 is 0 Å². The highest BCUT2D eigenvalue weighted by molar-refractivity contribution is 7.22. The zero-order valence-electron chi connectivity index (χ0n) is 9.77. The largest absolute Gasteiger partial charge is 0.331 e. The van der Waals surface area contributed by atoms with Gasteiger partial charge < -0.3 is 5.32 Å². The fourth-order valence-corrected chi connectivity index (χ4v) is 2.84. The molecule has 1 heterocycles. The molecule has 1 N–H and O–H groups in total. The van der Waals surface area contributed by atoms with E-state index < -0.39 is 0 Å². The molecule has 0 aliphatic heterocycles. The maximum atomic E-state index is 5.95. The summed E-state index contributed by atoms with van der Waals surface area (Å²) in [6.07, 6.45) is 0. The Bertz CT molecular complexity index is 706. The minimum Gasteiger partial charge on any atom is -0.331 e. The van der Waals surface area contributed by atoms with Crippen LogP contribution >= 0.6 is 22.9 Å². The first-order valence-corrected chi connectivity index (χ1v) is 6.80. The van der Waals surface area contributed by atoms with Gasteiger partial charge in [0.05, 0.1) is 10.2 Å². The van der Waals surface area contributed by atoms with Crippen molar-refractivity contribution in [3.8, 4) is 0 Å². The maximum Gasteiger partial charge on any atom is 0.188 e. The van der Waals surface area contributed by atoms with E-state index >= 15 is 0 Å². The van der Waals surface area contributed by atoms with Crippen molar-refractivity contribution in [1.29, 1.82) is 0 Å². The normalized spacial score (nSPS) is 10.8. The third kappa shape index (κ3) is 2.33. The van der Waals surface area contributed by atoms with Gasteiger partial charge in [-0.3, -0.25) is 0 Å². The lowest BCUT2D eigenvalue weighted by Crippen LogP contribution is -1.88. The van der Waals surface area contributed by atoms with E-state index in [0.29, 0.717) is 0 Å². The molecule has 0 fully saturated rings. The van der Waals surface area contributed by atoms with Gasteiger partial charge in [-0.25, -0.2) is 4.98 Å². The molecule has 0 aliphatic carbocycles. The van der Waals surface area contributed by atoms with Gasteiger partial charge in [0, 0.05) is 10.7 Å². The van der Waals surface area contributed by atoms with Crippen LogP contribution in [0.5, 0.6) is 0 Å². The lowest BCUT2D eigenvalue weighted by molar-refractivity contribution is 1.42. The first-order chi connectivity index (χ1) is 8.70. The Morgan fingerprint density at radius 1 is 1.17 bits per heavy atom. The Morgan fingerprint density at radius 2 is 2.06 bits per heavy atom. The number of thiazole rings is 1. The molecule has 0 bridgehead atoms. The highest BCUT2D eigenvalue weighted by Crippen LogP contribution is 2.29. The number of nitrogens with zero attached hydrogens (tertiary/aromatic N) is 1. The molecule has 3 aromatic rings. The Morgan fingerprint density at radius 3 is 2.89 bits per heavy atom. The van der Waals surface area contributed by atoms with Gasteiger partial charge in [-0.1, -0.05) is 35.1 Å². The van der Waals surface area contributed by atoms with Crippen molar-refractivity contribution < 1.29 is 0 Å². The number of rotatable bonds is 2. The summed E-state index contributed by atoms with van der Waals surface area (Å²) in [5, 5.41) is 4.88. The lowest BCUT2D eigenvalue weighted by Gasteiger charge is -2.01. The van der Waals surface area contributed by atoms with Crippen LogP contribution < -0.4 is 5.32 Å². The molecular formula is C14H11ClN2S. The van der Waals surface area contributed by atoms with Gasteiger partial charge in [0.2, 0.25) is 0 Å². The summed E-state index contributed by atoms with van der Waals surface area (Å²) in [6, 6.07) is 13.9. The number of nitrogens with one attached hydrogen (secondary N) is 1. The van der Waals surface area contributed by atoms with Gasteiger partial charge in [0.25, 0.3) is 0 Å². The van der Waals surface area contributed by atoms with Crippen molar-refractivity contribution in [2.24, 2.45) is 0 Å². The van der Waals surface area contributed by atoms with E-state index in [1.807, 2.05) is 24.3 Å². The quantitative estimate of drug-likeness (QED) is 0.711. The molecule has 1 aromatic heterocycles. The van der Waals surface area contributed by atoms with Crippen molar-refractivity contribution >= 4 is 44.0 Å². The Labute approximate surface area is 114 Å². The molecule has 0 saturated heterocycles. The Balaban J connectivity index is 1.95. The molecule has 2 aromatic carbocycles.